The minimum absolute atomic E-state index is 0. The molecule has 1 unspecified atom stereocenters. The maximum atomic E-state index is 10.7. The Kier molecular flexibility index (Phi) is 8.84. The van der Waals surface area contributed by atoms with Crippen LogP contribution >= 0.6 is 7.82 Å². The van der Waals surface area contributed by atoms with Gasteiger partial charge in [-0.3, -0.25) is 9.05 Å². The summed E-state index contributed by atoms with van der Waals surface area (Å²) in [6.45, 7) is 2.69. The van der Waals surface area contributed by atoms with Crippen molar-refractivity contribution in [3.05, 3.63) is 12.7 Å². The molecular formula is C5H14NO5P. The van der Waals surface area contributed by atoms with Crippen molar-refractivity contribution in [3.8, 4) is 0 Å². The third-order valence-electron chi connectivity index (χ3n) is 0.701. The number of hydrogen-bond donors (Lipinski definition) is 3. The lowest BCUT2D eigenvalue weighted by Gasteiger charge is -2.08. The van der Waals surface area contributed by atoms with Gasteiger partial charge in [-0.05, 0) is 0 Å². The van der Waals surface area contributed by atoms with Gasteiger partial charge in [0.1, 0.15) is 0 Å². The molecule has 0 bridgehead atoms. The van der Waals surface area contributed by atoms with E-state index < -0.39 is 7.82 Å². The van der Waals surface area contributed by atoms with Crippen molar-refractivity contribution in [1.29, 1.82) is 0 Å². The van der Waals surface area contributed by atoms with E-state index in [0.29, 0.717) is 0 Å². The molecule has 0 aromatic rings. The van der Waals surface area contributed by atoms with Crippen LogP contribution in [0.15, 0.2) is 12.7 Å². The van der Waals surface area contributed by atoms with Gasteiger partial charge in [0, 0.05) is 0 Å². The first kappa shape index (κ1) is 14.3. The molecule has 0 aromatic heterocycles. The van der Waals surface area contributed by atoms with E-state index >= 15 is 0 Å². The van der Waals surface area contributed by atoms with Crippen LogP contribution in [0.4, 0.5) is 0 Å². The molecule has 0 saturated carbocycles. The summed E-state index contributed by atoms with van der Waals surface area (Å²) < 4.78 is 19.3. The second-order valence-electron chi connectivity index (χ2n) is 1.61. The Hall–Kier alpha value is -0.230. The molecule has 6 nitrogen and oxygen atoms in total. The highest BCUT2D eigenvalue weighted by molar-refractivity contribution is 7.47. The molecule has 0 aliphatic rings. The van der Waals surface area contributed by atoms with Crippen LogP contribution in [0.2, 0.25) is 0 Å². The van der Waals surface area contributed by atoms with Gasteiger partial charge in [0.05, 0.1) is 19.8 Å². The Balaban J connectivity index is 0. The van der Waals surface area contributed by atoms with Crippen molar-refractivity contribution >= 4 is 7.82 Å². The fraction of sp³-hybridized carbons (Fsp3) is 0.600. The number of phosphoric acid groups is 1. The topological polar surface area (TPSA) is 111 Å². The number of aliphatic hydroxyl groups is 1. The quantitative estimate of drug-likeness (QED) is 0.423. The first-order chi connectivity index (χ1) is 5.12. The van der Waals surface area contributed by atoms with E-state index in [1.165, 1.54) is 6.08 Å². The molecule has 0 aliphatic heterocycles. The van der Waals surface area contributed by atoms with Crippen LogP contribution in [0, 0.1) is 0 Å². The lowest BCUT2D eigenvalue weighted by molar-refractivity contribution is 0.131. The van der Waals surface area contributed by atoms with Crippen molar-refractivity contribution in [2.75, 3.05) is 19.8 Å². The second-order valence-corrected chi connectivity index (χ2v) is 3.06. The molecule has 0 fully saturated rings. The van der Waals surface area contributed by atoms with Crippen molar-refractivity contribution < 1.29 is 23.6 Å². The van der Waals surface area contributed by atoms with Crippen LogP contribution in [0.25, 0.3) is 0 Å². The van der Waals surface area contributed by atoms with Gasteiger partial charge < -0.3 is 16.2 Å². The Labute approximate surface area is 71.0 Å². The van der Waals surface area contributed by atoms with E-state index in [0.717, 1.165) is 0 Å². The zero-order chi connectivity index (χ0) is 8.74. The van der Waals surface area contributed by atoms with E-state index in [1.807, 2.05) is 0 Å². The third kappa shape index (κ3) is 7.87. The summed E-state index contributed by atoms with van der Waals surface area (Å²) in [6, 6.07) is 0. The summed E-state index contributed by atoms with van der Waals surface area (Å²) in [7, 11) is -3.96. The maximum absolute atomic E-state index is 10.7. The monoisotopic (exact) mass is 199 g/mol. The van der Waals surface area contributed by atoms with Crippen LogP contribution in [0.5, 0.6) is 0 Å². The molecule has 7 heteroatoms. The van der Waals surface area contributed by atoms with Gasteiger partial charge >= 0.3 is 7.82 Å². The lowest BCUT2D eigenvalue weighted by Crippen LogP contribution is -1.99. The Morgan fingerprint density at radius 3 is 2.50 bits per heavy atom. The van der Waals surface area contributed by atoms with Gasteiger partial charge in [0.2, 0.25) is 0 Å². The Morgan fingerprint density at radius 2 is 2.08 bits per heavy atom. The van der Waals surface area contributed by atoms with Gasteiger partial charge in [-0.15, -0.1) is 6.58 Å². The molecule has 0 aromatic carbocycles. The zero-order valence-corrected chi connectivity index (χ0v) is 7.57. The van der Waals surface area contributed by atoms with Gasteiger partial charge in [-0.2, -0.15) is 0 Å². The van der Waals surface area contributed by atoms with E-state index in [1.54, 1.807) is 0 Å². The molecule has 1 atom stereocenters. The van der Waals surface area contributed by atoms with Crippen molar-refractivity contribution in [3.63, 3.8) is 0 Å². The van der Waals surface area contributed by atoms with E-state index in [-0.39, 0.29) is 26.0 Å². The van der Waals surface area contributed by atoms with Crippen molar-refractivity contribution in [2.24, 2.45) is 0 Å². The third-order valence-corrected chi connectivity index (χ3v) is 1.69. The highest BCUT2D eigenvalue weighted by atomic mass is 31.2. The molecule has 5 N–H and O–H groups in total. The van der Waals surface area contributed by atoms with E-state index in [2.05, 4.69) is 15.6 Å². The SMILES string of the molecule is C=CCOP(=O)(O)OCCO.N. The standard InChI is InChI=1S/C5H11O5P.H3N/c1-2-4-9-11(7,8)10-5-3-6;/h2,6H,1,3-5H2,(H,7,8);1H3. The summed E-state index contributed by atoms with van der Waals surface area (Å²) >= 11 is 0. The van der Waals surface area contributed by atoms with E-state index in [9.17, 15) is 4.57 Å². The molecular weight excluding hydrogens is 185 g/mol. The lowest BCUT2D eigenvalue weighted by atomic mass is 10.7. The molecule has 12 heavy (non-hydrogen) atoms. The summed E-state index contributed by atoms with van der Waals surface area (Å²) in [5.41, 5.74) is 0. The second kappa shape index (κ2) is 7.42. The first-order valence-electron chi connectivity index (χ1n) is 2.96. The van der Waals surface area contributed by atoms with Crippen LogP contribution in [-0.2, 0) is 13.6 Å². The smallest absolute Gasteiger partial charge is 0.394 e. The molecule has 74 valence electrons. The van der Waals surface area contributed by atoms with Crippen LogP contribution in [0.1, 0.15) is 0 Å². The summed E-state index contributed by atoms with van der Waals surface area (Å²) in [5.74, 6) is 0. The highest BCUT2D eigenvalue weighted by Gasteiger charge is 2.18. The molecule has 0 amide bonds. The fourth-order valence-electron chi connectivity index (χ4n) is 0.340. The van der Waals surface area contributed by atoms with Gasteiger partial charge in [0.15, 0.2) is 0 Å². The summed E-state index contributed by atoms with van der Waals surface area (Å²) in [6.07, 6.45) is 1.32. The van der Waals surface area contributed by atoms with Gasteiger partial charge in [-0.25, -0.2) is 4.57 Å². The van der Waals surface area contributed by atoms with E-state index in [4.69, 9.17) is 10.00 Å². The zero-order valence-electron chi connectivity index (χ0n) is 6.68. The van der Waals surface area contributed by atoms with Crippen LogP contribution in [-0.4, -0.2) is 29.8 Å². The number of hydrogen-bond acceptors (Lipinski definition) is 5. The highest BCUT2D eigenvalue weighted by Crippen LogP contribution is 2.42. The largest absolute Gasteiger partial charge is 0.472 e. The Morgan fingerprint density at radius 1 is 1.50 bits per heavy atom. The van der Waals surface area contributed by atoms with Crippen LogP contribution in [0.3, 0.4) is 0 Å². The van der Waals surface area contributed by atoms with Crippen molar-refractivity contribution in [2.45, 2.75) is 0 Å². The number of aliphatic hydroxyl groups excluding tert-OH is 1. The Bertz CT molecular complexity index is 162. The minimum Gasteiger partial charge on any atom is -0.394 e. The fourth-order valence-corrected chi connectivity index (χ4v) is 1.02. The predicted octanol–water partition coefficient (Wildman–Crippen LogP) is 0.460. The predicted molar refractivity (Wildman–Crippen MR) is 44.0 cm³/mol. The summed E-state index contributed by atoms with van der Waals surface area (Å²) in [4.78, 5) is 8.73. The normalized spacial score (nSPS) is 14.5. The molecule has 0 spiro atoms. The maximum Gasteiger partial charge on any atom is 0.472 e. The molecule has 0 radical (unpaired) electrons. The average Bonchev–Trinajstić information content (AvgIpc) is 1.97. The first-order valence-corrected chi connectivity index (χ1v) is 4.45. The van der Waals surface area contributed by atoms with Gasteiger partial charge in [0.25, 0.3) is 0 Å². The number of phosphoric ester groups is 1. The van der Waals surface area contributed by atoms with Gasteiger partial charge in [-0.1, -0.05) is 6.08 Å². The molecule has 0 rings (SSSR count). The minimum atomic E-state index is -3.96. The molecule has 0 heterocycles. The summed E-state index contributed by atoms with van der Waals surface area (Å²) in [5, 5.41) is 8.22. The van der Waals surface area contributed by atoms with Crippen LogP contribution < -0.4 is 6.15 Å². The average molecular weight is 199 g/mol. The number of rotatable bonds is 6. The molecule has 0 aliphatic carbocycles. The van der Waals surface area contributed by atoms with Crippen molar-refractivity contribution in [1.82, 2.24) is 6.15 Å². The molecule has 0 saturated heterocycles.